The van der Waals surface area contributed by atoms with Crippen LogP contribution in [0.15, 0.2) is 24.3 Å². The number of nitrogens with zero attached hydrogens (tertiary/aromatic N) is 1. The molecule has 2 saturated heterocycles. The van der Waals surface area contributed by atoms with Gasteiger partial charge in [0.2, 0.25) is 0 Å². The van der Waals surface area contributed by atoms with Gasteiger partial charge >= 0.3 is 5.97 Å². The molecule has 1 aromatic rings. The number of carbonyl (C=O) groups is 1. The van der Waals surface area contributed by atoms with Gasteiger partial charge in [0.15, 0.2) is 6.10 Å². The molecule has 0 saturated carbocycles. The topological polar surface area (TPSA) is 49.8 Å². The molecule has 120 valence electrons. The van der Waals surface area contributed by atoms with Crippen molar-refractivity contribution < 1.29 is 19.0 Å². The highest BCUT2D eigenvalue weighted by Crippen LogP contribution is 2.30. The van der Waals surface area contributed by atoms with Crippen LogP contribution in [0.2, 0.25) is 0 Å². The number of likely N-dealkylation sites (tertiary alicyclic amines) is 1. The minimum atomic E-state index is -0.853. The summed E-state index contributed by atoms with van der Waals surface area (Å²) in [5.74, 6) is -0.546. The number of hydrogen-bond donors (Lipinski definition) is 1. The van der Waals surface area contributed by atoms with Crippen molar-refractivity contribution >= 4 is 5.97 Å². The summed E-state index contributed by atoms with van der Waals surface area (Å²) in [4.78, 5) is 13.3. The standard InChI is InChI=1S/C17H22FNO3/c18-14-3-1-12(2-4-14)13-7-9-19(10-8-13)15-5-6-16(17(20)21)22-11-15/h1-4,13,15-16H,5-11H2,(H,20,21). The first-order valence-corrected chi connectivity index (χ1v) is 7.97. The molecule has 2 fully saturated rings. The summed E-state index contributed by atoms with van der Waals surface area (Å²) in [6, 6.07) is 7.17. The molecule has 0 amide bonds. The van der Waals surface area contributed by atoms with Gasteiger partial charge in [-0.2, -0.15) is 0 Å². The van der Waals surface area contributed by atoms with E-state index in [9.17, 15) is 9.18 Å². The maximum Gasteiger partial charge on any atom is 0.332 e. The third-order valence-electron chi connectivity index (χ3n) is 4.91. The summed E-state index contributed by atoms with van der Waals surface area (Å²) >= 11 is 0. The van der Waals surface area contributed by atoms with Gasteiger partial charge in [0, 0.05) is 6.04 Å². The maximum atomic E-state index is 13.0. The average molecular weight is 307 g/mol. The molecule has 3 rings (SSSR count). The summed E-state index contributed by atoms with van der Waals surface area (Å²) < 4.78 is 18.4. The van der Waals surface area contributed by atoms with Crippen molar-refractivity contribution in [3.63, 3.8) is 0 Å². The minimum Gasteiger partial charge on any atom is -0.479 e. The Kier molecular flexibility index (Phi) is 4.74. The van der Waals surface area contributed by atoms with Crippen LogP contribution in [0, 0.1) is 5.82 Å². The Hall–Kier alpha value is -1.46. The van der Waals surface area contributed by atoms with Gasteiger partial charge in [-0.05, 0) is 62.4 Å². The first-order valence-electron chi connectivity index (χ1n) is 7.97. The van der Waals surface area contributed by atoms with Gasteiger partial charge in [0.1, 0.15) is 5.82 Å². The van der Waals surface area contributed by atoms with E-state index in [1.165, 1.54) is 17.7 Å². The second kappa shape index (κ2) is 6.75. The van der Waals surface area contributed by atoms with Crippen LogP contribution in [0.25, 0.3) is 0 Å². The second-order valence-electron chi connectivity index (χ2n) is 6.25. The van der Waals surface area contributed by atoms with Crippen molar-refractivity contribution in [2.75, 3.05) is 19.7 Å². The number of rotatable bonds is 3. The molecule has 2 atom stereocenters. The lowest BCUT2D eigenvalue weighted by Crippen LogP contribution is -2.47. The zero-order valence-electron chi connectivity index (χ0n) is 12.6. The average Bonchev–Trinajstić information content (AvgIpc) is 2.56. The number of halogens is 1. The molecule has 2 unspecified atom stereocenters. The molecule has 4 nitrogen and oxygen atoms in total. The molecular weight excluding hydrogens is 285 g/mol. The van der Waals surface area contributed by atoms with Crippen LogP contribution in [0.4, 0.5) is 4.39 Å². The van der Waals surface area contributed by atoms with Crippen molar-refractivity contribution in [3.05, 3.63) is 35.6 Å². The fourth-order valence-electron chi connectivity index (χ4n) is 3.55. The van der Waals surface area contributed by atoms with E-state index in [0.29, 0.717) is 25.0 Å². The molecule has 0 radical (unpaired) electrons. The van der Waals surface area contributed by atoms with E-state index in [-0.39, 0.29) is 5.82 Å². The van der Waals surface area contributed by atoms with Crippen molar-refractivity contribution in [2.45, 2.75) is 43.7 Å². The third kappa shape index (κ3) is 3.47. The Balaban J connectivity index is 1.50. The molecule has 0 spiro atoms. The van der Waals surface area contributed by atoms with E-state index in [2.05, 4.69) is 4.90 Å². The lowest BCUT2D eigenvalue weighted by molar-refractivity contribution is -0.156. The molecule has 1 N–H and O–H groups in total. The molecule has 2 aliphatic heterocycles. The van der Waals surface area contributed by atoms with Gasteiger partial charge in [-0.15, -0.1) is 0 Å². The summed E-state index contributed by atoms with van der Waals surface area (Å²) in [6.07, 6.45) is 2.97. The molecule has 22 heavy (non-hydrogen) atoms. The monoisotopic (exact) mass is 307 g/mol. The highest BCUT2D eigenvalue weighted by atomic mass is 19.1. The van der Waals surface area contributed by atoms with E-state index >= 15 is 0 Å². The predicted octanol–water partition coefficient (Wildman–Crippen LogP) is 2.64. The lowest BCUT2D eigenvalue weighted by Gasteiger charge is -2.40. The van der Waals surface area contributed by atoms with Crippen molar-refractivity contribution in [3.8, 4) is 0 Å². The van der Waals surface area contributed by atoms with Crippen LogP contribution in [0.5, 0.6) is 0 Å². The zero-order valence-corrected chi connectivity index (χ0v) is 12.6. The Morgan fingerprint density at radius 2 is 1.82 bits per heavy atom. The number of piperidine rings is 1. The number of carboxylic acid groups (broad SMARTS) is 1. The second-order valence-corrected chi connectivity index (χ2v) is 6.25. The van der Waals surface area contributed by atoms with E-state index in [0.717, 1.165) is 32.4 Å². The van der Waals surface area contributed by atoms with E-state index in [4.69, 9.17) is 9.84 Å². The maximum absolute atomic E-state index is 13.0. The van der Waals surface area contributed by atoms with Crippen LogP contribution >= 0.6 is 0 Å². The summed E-state index contributed by atoms with van der Waals surface area (Å²) in [7, 11) is 0. The SMILES string of the molecule is O=C(O)C1CCC(N2CCC(c3ccc(F)cc3)CC2)CO1. The van der Waals surface area contributed by atoms with E-state index < -0.39 is 12.1 Å². The fourth-order valence-corrected chi connectivity index (χ4v) is 3.55. The van der Waals surface area contributed by atoms with Crippen molar-refractivity contribution in [1.29, 1.82) is 0 Å². The van der Waals surface area contributed by atoms with Gasteiger partial charge in [0.25, 0.3) is 0 Å². The molecular formula is C17H22FNO3. The van der Waals surface area contributed by atoms with Gasteiger partial charge < -0.3 is 9.84 Å². The highest BCUT2D eigenvalue weighted by Gasteiger charge is 2.32. The molecule has 1 aromatic carbocycles. The van der Waals surface area contributed by atoms with Gasteiger partial charge in [-0.3, -0.25) is 4.90 Å². The molecule has 0 aromatic heterocycles. The van der Waals surface area contributed by atoms with E-state index in [1.54, 1.807) is 0 Å². The molecule has 0 bridgehead atoms. The normalized spacial score (nSPS) is 27.7. The highest BCUT2D eigenvalue weighted by molar-refractivity contribution is 5.72. The minimum absolute atomic E-state index is 0.187. The fraction of sp³-hybridized carbons (Fsp3) is 0.588. The Morgan fingerprint density at radius 3 is 2.36 bits per heavy atom. The third-order valence-corrected chi connectivity index (χ3v) is 4.91. The number of ether oxygens (including phenoxy) is 1. The van der Waals surface area contributed by atoms with Gasteiger partial charge in [-0.1, -0.05) is 12.1 Å². The van der Waals surface area contributed by atoms with Crippen LogP contribution in [-0.4, -0.2) is 47.8 Å². The number of benzene rings is 1. The smallest absolute Gasteiger partial charge is 0.332 e. The predicted molar refractivity (Wildman–Crippen MR) is 80.3 cm³/mol. The quantitative estimate of drug-likeness (QED) is 0.932. The summed E-state index contributed by atoms with van der Waals surface area (Å²) in [6.45, 7) is 2.50. The van der Waals surface area contributed by atoms with Crippen molar-refractivity contribution in [1.82, 2.24) is 4.90 Å². The number of hydrogen-bond acceptors (Lipinski definition) is 3. The molecule has 5 heteroatoms. The molecule has 0 aliphatic carbocycles. The van der Waals surface area contributed by atoms with Crippen LogP contribution in [0.3, 0.4) is 0 Å². The Bertz CT molecular complexity index is 503. The Labute approximate surface area is 129 Å². The van der Waals surface area contributed by atoms with Crippen LogP contribution in [-0.2, 0) is 9.53 Å². The van der Waals surface area contributed by atoms with Crippen LogP contribution < -0.4 is 0 Å². The van der Waals surface area contributed by atoms with Crippen molar-refractivity contribution in [2.24, 2.45) is 0 Å². The number of carboxylic acids is 1. The first kappa shape index (κ1) is 15.4. The molecule has 2 aliphatic rings. The van der Waals surface area contributed by atoms with Gasteiger partial charge in [0.05, 0.1) is 6.61 Å². The zero-order chi connectivity index (χ0) is 15.5. The van der Waals surface area contributed by atoms with E-state index in [1.807, 2.05) is 12.1 Å². The molecule has 2 heterocycles. The van der Waals surface area contributed by atoms with Gasteiger partial charge in [-0.25, -0.2) is 9.18 Å². The number of aliphatic carboxylic acids is 1. The summed E-state index contributed by atoms with van der Waals surface area (Å²) in [5, 5.41) is 8.95. The first-order chi connectivity index (χ1) is 10.6. The Morgan fingerprint density at radius 1 is 1.14 bits per heavy atom. The largest absolute Gasteiger partial charge is 0.479 e. The van der Waals surface area contributed by atoms with Crippen LogP contribution in [0.1, 0.15) is 37.2 Å². The summed E-state index contributed by atoms with van der Waals surface area (Å²) in [5.41, 5.74) is 1.21. The lowest BCUT2D eigenvalue weighted by atomic mass is 9.88.